The molecule has 8 heteroatoms. The van der Waals surface area contributed by atoms with Gasteiger partial charge in [0.1, 0.15) is 11.6 Å². The van der Waals surface area contributed by atoms with E-state index in [0.29, 0.717) is 44.4 Å². The lowest BCUT2D eigenvalue weighted by Gasteiger charge is -2.18. The number of pyridine rings is 1. The molecule has 0 atom stereocenters. The van der Waals surface area contributed by atoms with Gasteiger partial charge in [-0.1, -0.05) is 103 Å². The molecule has 0 spiro atoms. The molecule has 2 aromatic heterocycles. The topological polar surface area (TPSA) is 62.5 Å². The molecule has 0 radical (unpaired) electrons. The number of hydrogen-bond donors (Lipinski definition) is 0. The first-order valence-electron chi connectivity index (χ1n) is 15.4. The Morgan fingerprint density at radius 2 is 1.06 bits per heavy atom. The van der Waals surface area contributed by atoms with Crippen LogP contribution in [0.5, 0.6) is 0 Å². The average Bonchev–Trinajstić information content (AvgIpc) is 3.14. The molecule has 0 unspecified atom stereocenters. The maximum atomic E-state index is 15.5. The van der Waals surface area contributed by atoms with Crippen LogP contribution in [-0.2, 0) is 0 Å². The highest BCUT2D eigenvalue weighted by molar-refractivity contribution is 6.22. The minimum absolute atomic E-state index is 0.126. The van der Waals surface area contributed by atoms with Crippen LogP contribution in [0.3, 0.4) is 0 Å². The van der Waals surface area contributed by atoms with Gasteiger partial charge in [-0.25, -0.2) is 32.5 Å². The Hall–Kier alpha value is -6.46. The van der Waals surface area contributed by atoms with E-state index < -0.39 is 34.4 Å². The molecule has 0 saturated heterocycles. The quantitative estimate of drug-likeness (QED) is 0.108. The van der Waals surface area contributed by atoms with Crippen molar-refractivity contribution < 1.29 is 17.6 Å². The van der Waals surface area contributed by atoms with Gasteiger partial charge >= 0.3 is 0 Å². The van der Waals surface area contributed by atoms with Gasteiger partial charge in [0, 0.05) is 32.8 Å². The molecular weight excluding hydrogens is 624 g/mol. The smallest absolute Gasteiger partial charge is 0.180 e. The van der Waals surface area contributed by atoms with Crippen LogP contribution in [0.25, 0.3) is 77.6 Å². The molecule has 49 heavy (non-hydrogen) atoms. The first-order valence-corrected chi connectivity index (χ1v) is 15.4. The van der Waals surface area contributed by atoms with Crippen molar-refractivity contribution in [2.24, 2.45) is 0 Å². The number of halogens is 4. The second-order valence-corrected chi connectivity index (χ2v) is 11.6. The third-order valence-electron chi connectivity index (χ3n) is 8.72. The highest BCUT2D eigenvalue weighted by Gasteiger charge is 2.29. The van der Waals surface area contributed by atoms with Gasteiger partial charge in [0.25, 0.3) is 0 Å². The zero-order chi connectivity index (χ0) is 33.8. The van der Waals surface area contributed by atoms with Crippen LogP contribution in [0.2, 0.25) is 0 Å². The minimum atomic E-state index is -1.76. The van der Waals surface area contributed by atoms with Crippen LogP contribution >= 0.6 is 0 Å². The van der Waals surface area contributed by atoms with Crippen LogP contribution in [0.1, 0.15) is 11.1 Å². The summed E-state index contributed by atoms with van der Waals surface area (Å²) in [5, 5.41) is 11.3. The fourth-order valence-electron chi connectivity index (χ4n) is 6.52. The highest BCUT2D eigenvalue weighted by Crippen LogP contribution is 2.44. The lowest BCUT2D eigenvalue weighted by Crippen LogP contribution is -2.05. The summed E-state index contributed by atoms with van der Waals surface area (Å²) < 4.78 is 60.9. The summed E-state index contributed by atoms with van der Waals surface area (Å²) in [7, 11) is 0. The number of hydrogen-bond acceptors (Lipinski definition) is 4. The van der Waals surface area contributed by atoms with Crippen molar-refractivity contribution in [3.8, 4) is 51.0 Å². The van der Waals surface area contributed by atoms with Crippen LogP contribution in [-0.4, -0.2) is 15.0 Å². The lowest BCUT2D eigenvalue weighted by atomic mass is 9.90. The maximum absolute atomic E-state index is 15.5. The van der Waals surface area contributed by atoms with E-state index in [0.717, 1.165) is 22.1 Å². The molecule has 0 amide bonds. The van der Waals surface area contributed by atoms with Crippen molar-refractivity contribution in [2.75, 3.05) is 0 Å². The van der Waals surface area contributed by atoms with Crippen molar-refractivity contribution in [1.29, 1.82) is 5.26 Å². The molecular formula is C41H22F4N4. The number of nitriles is 1. The minimum Gasteiger partial charge on any atom is -0.247 e. The molecule has 0 aliphatic rings. The average molecular weight is 647 g/mol. The van der Waals surface area contributed by atoms with Crippen molar-refractivity contribution >= 4 is 32.7 Å². The Morgan fingerprint density at radius 1 is 0.531 bits per heavy atom. The summed E-state index contributed by atoms with van der Waals surface area (Å²) in [6.45, 7) is 1.89. The van der Waals surface area contributed by atoms with E-state index in [4.69, 9.17) is 20.2 Å². The molecule has 6 aromatic carbocycles. The Bertz CT molecular complexity index is 2640. The van der Waals surface area contributed by atoms with Gasteiger partial charge in [-0.05, 0) is 30.2 Å². The van der Waals surface area contributed by atoms with Gasteiger partial charge in [-0.3, -0.25) is 0 Å². The third kappa shape index (κ3) is 4.70. The second-order valence-electron chi connectivity index (χ2n) is 11.6. The lowest BCUT2D eigenvalue weighted by molar-refractivity contribution is 0.454. The van der Waals surface area contributed by atoms with E-state index in [-0.39, 0.29) is 11.1 Å². The van der Waals surface area contributed by atoms with E-state index in [1.54, 1.807) is 12.1 Å². The van der Waals surface area contributed by atoms with Gasteiger partial charge in [0.05, 0.1) is 39.2 Å². The van der Waals surface area contributed by atoms with Crippen LogP contribution in [0, 0.1) is 41.5 Å². The van der Waals surface area contributed by atoms with Crippen LogP contribution in [0.4, 0.5) is 17.6 Å². The number of rotatable bonds is 4. The van der Waals surface area contributed by atoms with Gasteiger partial charge in [-0.2, -0.15) is 5.26 Å². The van der Waals surface area contributed by atoms with Gasteiger partial charge in [0.15, 0.2) is 23.3 Å². The molecule has 8 rings (SSSR count). The number of nitrogens with zero attached hydrogens (tertiary/aromatic N) is 4. The molecule has 0 aliphatic carbocycles. The predicted molar refractivity (Wildman–Crippen MR) is 183 cm³/mol. The van der Waals surface area contributed by atoms with Crippen molar-refractivity contribution in [3.63, 3.8) is 0 Å². The van der Waals surface area contributed by atoms with E-state index in [2.05, 4.69) is 0 Å². The van der Waals surface area contributed by atoms with Crippen LogP contribution < -0.4 is 0 Å². The molecule has 234 valence electrons. The Labute approximate surface area is 277 Å². The second kappa shape index (κ2) is 11.7. The summed E-state index contributed by atoms with van der Waals surface area (Å²) in [6, 6.07) is 36.3. The number of aromatic nitrogens is 3. The van der Waals surface area contributed by atoms with E-state index in [1.807, 2.05) is 97.9 Å². The molecule has 0 saturated carbocycles. The van der Waals surface area contributed by atoms with Crippen molar-refractivity contribution in [2.45, 2.75) is 6.92 Å². The van der Waals surface area contributed by atoms with Gasteiger partial charge < -0.3 is 0 Å². The molecule has 2 heterocycles. The summed E-state index contributed by atoms with van der Waals surface area (Å²) in [5.41, 5.74) is 3.87. The standard InChI is InChI=1S/C41H22F4N4/c1-22-20-30-41(49-39(24-14-6-3-7-15-24)38(48-30)23-12-4-2-5-13-23)32-27-18-10-11-19-29(27)47-40(31(22)32)26-17-9-8-16-25(26)33-36(44)34(42)28(21-46)35(43)37(33)45/h2-20H,1H3. The molecule has 0 fully saturated rings. The normalized spacial score (nSPS) is 11.3. The van der Waals surface area contributed by atoms with Crippen LogP contribution in [0.15, 0.2) is 115 Å². The number of fused-ring (bicyclic) bond motifs is 5. The fourth-order valence-corrected chi connectivity index (χ4v) is 6.52. The molecule has 0 N–H and O–H groups in total. The third-order valence-corrected chi connectivity index (χ3v) is 8.72. The van der Waals surface area contributed by atoms with E-state index in [9.17, 15) is 8.78 Å². The monoisotopic (exact) mass is 646 g/mol. The van der Waals surface area contributed by atoms with E-state index >= 15 is 8.78 Å². The Kier molecular flexibility index (Phi) is 7.11. The molecule has 0 bridgehead atoms. The zero-order valence-corrected chi connectivity index (χ0v) is 25.8. The Morgan fingerprint density at radius 3 is 1.69 bits per heavy atom. The zero-order valence-electron chi connectivity index (χ0n) is 25.8. The maximum Gasteiger partial charge on any atom is 0.180 e. The Balaban J connectivity index is 1.52. The first kappa shape index (κ1) is 29.9. The highest BCUT2D eigenvalue weighted by atomic mass is 19.2. The fraction of sp³-hybridized carbons (Fsp3) is 0.0244. The molecule has 4 nitrogen and oxygen atoms in total. The number of aryl methyl sites for hydroxylation is 1. The van der Waals surface area contributed by atoms with Crippen molar-refractivity contribution in [1.82, 2.24) is 15.0 Å². The SMILES string of the molecule is Cc1cc2nc(-c3ccccc3)c(-c3ccccc3)nc2c2c1c(-c1ccccc1-c1c(F)c(F)c(C#N)c(F)c1F)nc1ccccc12. The summed E-state index contributed by atoms with van der Waals surface area (Å²) in [5.74, 6) is -6.85. The summed E-state index contributed by atoms with van der Waals surface area (Å²) >= 11 is 0. The van der Waals surface area contributed by atoms with E-state index in [1.165, 1.54) is 18.2 Å². The molecule has 0 aliphatic heterocycles. The van der Waals surface area contributed by atoms with Gasteiger partial charge in [0.2, 0.25) is 0 Å². The molecule has 8 aromatic rings. The summed E-state index contributed by atoms with van der Waals surface area (Å²) in [6.07, 6.45) is 0. The first-order chi connectivity index (χ1) is 23.9. The summed E-state index contributed by atoms with van der Waals surface area (Å²) in [4.78, 5) is 15.4. The largest absolute Gasteiger partial charge is 0.247 e. The van der Waals surface area contributed by atoms with Crippen molar-refractivity contribution in [3.05, 3.63) is 150 Å². The predicted octanol–water partition coefficient (Wildman–Crippen LogP) is 10.7. The number of para-hydroxylation sites is 1. The van der Waals surface area contributed by atoms with Gasteiger partial charge in [-0.15, -0.1) is 0 Å². The number of benzene rings is 6.